The fraction of sp³-hybridized carbons (Fsp3) is 0.632. The Morgan fingerprint density at radius 3 is 2.92 bits per heavy atom. The van der Waals surface area contributed by atoms with Crippen molar-refractivity contribution in [2.45, 2.75) is 50.7 Å². The van der Waals surface area contributed by atoms with Crippen molar-refractivity contribution in [1.82, 2.24) is 0 Å². The Kier molecular flexibility index (Phi) is 5.20. The number of carbonyl (C=O) groups excluding carboxylic acids is 1. The number of aromatic hydroxyl groups is 1. The van der Waals surface area contributed by atoms with E-state index in [1.54, 1.807) is 6.07 Å². The van der Waals surface area contributed by atoms with E-state index in [0.29, 0.717) is 25.3 Å². The first kappa shape index (κ1) is 18.0. The summed E-state index contributed by atoms with van der Waals surface area (Å²) in [5.41, 5.74) is 5.79. The summed E-state index contributed by atoms with van der Waals surface area (Å²) >= 11 is 0. The lowest BCUT2D eigenvalue weighted by atomic mass is 9.66. The van der Waals surface area contributed by atoms with E-state index >= 15 is 0 Å². The molecule has 1 unspecified atom stereocenters. The fourth-order valence-corrected chi connectivity index (χ4v) is 4.74. The third kappa shape index (κ3) is 3.60. The summed E-state index contributed by atoms with van der Waals surface area (Å²) in [5.74, 6) is 0.313. The number of amides is 1. The minimum Gasteiger partial charge on any atom is -0.504 e. The largest absolute Gasteiger partial charge is 0.504 e. The second-order valence-electron chi connectivity index (χ2n) is 7.40. The zero-order valence-corrected chi connectivity index (χ0v) is 14.8. The van der Waals surface area contributed by atoms with E-state index in [1.165, 1.54) is 0 Å². The molecular weight excluding hydrogens is 320 g/mol. The van der Waals surface area contributed by atoms with Gasteiger partial charge in [0.05, 0.1) is 18.8 Å². The first-order valence-electron chi connectivity index (χ1n) is 9.25. The molecule has 6 heteroatoms. The van der Waals surface area contributed by atoms with E-state index < -0.39 is 5.60 Å². The van der Waals surface area contributed by atoms with Crippen LogP contribution in [0.15, 0.2) is 18.2 Å². The first-order valence-corrected chi connectivity index (χ1v) is 9.25. The zero-order valence-electron chi connectivity index (χ0n) is 14.8. The average Bonchev–Trinajstić information content (AvgIpc) is 2.57. The Balaban J connectivity index is 1.99. The summed E-state index contributed by atoms with van der Waals surface area (Å²) in [6.07, 6.45) is 4.59. The maximum Gasteiger partial charge on any atom is 0.272 e. The minimum atomic E-state index is -0.673. The molecule has 2 fully saturated rings. The second kappa shape index (κ2) is 7.22. The average molecular weight is 349 g/mol. The normalized spacial score (nSPS) is 32.0. The summed E-state index contributed by atoms with van der Waals surface area (Å²) in [7, 11) is 0. The fourth-order valence-electron chi connectivity index (χ4n) is 4.74. The van der Waals surface area contributed by atoms with E-state index in [1.807, 2.05) is 19.1 Å². The maximum absolute atomic E-state index is 11.6. The highest BCUT2D eigenvalue weighted by molar-refractivity contribution is 5.74. The molecule has 1 heterocycles. The van der Waals surface area contributed by atoms with Gasteiger partial charge < -0.3 is 25.6 Å². The van der Waals surface area contributed by atoms with Crippen molar-refractivity contribution < 1.29 is 24.6 Å². The lowest BCUT2D eigenvalue weighted by Crippen LogP contribution is -3.16. The van der Waals surface area contributed by atoms with Crippen LogP contribution < -0.4 is 15.4 Å². The van der Waals surface area contributed by atoms with Gasteiger partial charge in [0.15, 0.2) is 18.0 Å². The number of nitrogens with two attached hydrogens (primary N) is 1. The highest BCUT2D eigenvalue weighted by Gasteiger charge is 2.51. The van der Waals surface area contributed by atoms with Gasteiger partial charge in [-0.15, -0.1) is 0 Å². The van der Waals surface area contributed by atoms with E-state index in [4.69, 9.17) is 10.5 Å². The highest BCUT2D eigenvalue weighted by Crippen LogP contribution is 2.45. The van der Waals surface area contributed by atoms with Crippen molar-refractivity contribution in [2.75, 3.05) is 19.7 Å². The van der Waals surface area contributed by atoms with Crippen LogP contribution in [0.3, 0.4) is 0 Å². The van der Waals surface area contributed by atoms with Gasteiger partial charge in [0.1, 0.15) is 6.04 Å². The number of aliphatic hydroxyl groups is 1. The van der Waals surface area contributed by atoms with Crippen LogP contribution in [-0.4, -0.2) is 41.4 Å². The van der Waals surface area contributed by atoms with Crippen LogP contribution in [0.4, 0.5) is 0 Å². The number of benzene rings is 1. The van der Waals surface area contributed by atoms with Gasteiger partial charge in [0.25, 0.3) is 5.91 Å². The van der Waals surface area contributed by atoms with Gasteiger partial charge in [-0.2, -0.15) is 0 Å². The third-order valence-corrected chi connectivity index (χ3v) is 5.83. The van der Waals surface area contributed by atoms with Crippen molar-refractivity contribution >= 4 is 5.91 Å². The van der Waals surface area contributed by atoms with Crippen molar-refractivity contribution in [3.8, 4) is 11.5 Å². The van der Waals surface area contributed by atoms with Crippen molar-refractivity contribution in [1.29, 1.82) is 0 Å². The Morgan fingerprint density at radius 1 is 1.40 bits per heavy atom. The van der Waals surface area contributed by atoms with E-state index in [-0.39, 0.29) is 30.2 Å². The van der Waals surface area contributed by atoms with E-state index in [2.05, 4.69) is 0 Å². The Hall–Kier alpha value is -1.79. The molecule has 0 aromatic heterocycles. The van der Waals surface area contributed by atoms with E-state index in [0.717, 1.165) is 36.1 Å². The lowest BCUT2D eigenvalue weighted by molar-refractivity contribution is -0.937. The van der Waals surface area contributed by atoms with Gasteiger partial charge in [-0.25, -0.2) is 0 Å². The number of rotatable bonds is 5. The smallest absolute Gasteiger partial charge is 0.272 e. The van der Waals surface area contributed by atoms with Crippen molar-refractivity contribution in [2.24, 2.45) is 11.7 Å². The van der Waals surface area contributed by atoms with Crippen LogP contribution in [0.25, 0.3) is 0 Å². The zero-order chi connectivity index (χ0) is 18.0. The predicted molar refractivity (Wildman–Crippen MR) is 93.4 cm³/mol. The molecule has 1 aliphatic heterocycles. The number of phenolic OH excluding ortho intramolecular Hbond substituents is 1. The number of hydrogen-bond acceptors (Lipinski definition) is 4. The minimum absolute atomic E-state index is 0.0219. The third-order valence-electron chi connectivity index (χ3n) is 5.83. The molecular formula is C19H29N2O4+. The number of primary amides is 1. The van der Waals surface area contributed by atoms with Crippen molar-refractivity contribution in [3.05, 3.63) is 23.8 Å². The molecule has 138 valence electrons. The molecule has 1 aliphatic carbocycles. The van der Waals surface area contributed by atoms with Crippen LogP contribution in [0.2, 0.25) is 0 Å². The SMILES string of the molecule is CCOc1cc([C@H]2[C@H]3CCCC[C@@]3(O)CC[NH+]2CC(N)=O)ccc1O. The Labute approximate surface area is 148 Å². The number of piperidine rings is 1. The van der Waals surface area contributed by atoms with Crippen molar-refractivity contribution in [3.63, 3.8) is 0 Å². The molecule has 2 aliphatic rings. The molecule has 1 saturated carbocycles. The molecule has 1 aromatic carbocycles. The van der Waals surface area contributed by atoms with Gasteiger partial charge in [0.2, 0.25) is 0 Å². The molecule has 3 rings (SSSR count). The topological polar surface area (TPSA) is 97.2 Å². The molecule has 0 bridgehead atoms. The Bertz CT molecular complexity index is 636. The summed E-state index contributed by atoms with van der Waals surface area (Å²) in [4.78, 5) is 12.7. The molecule has 25 heavy (non-hydrogen) atoms. The summed E-state index contributed by atoms with van der Waals surface area (Å²) in [5, 5.41) is 21.2. The molecule has 4 atom stereocenters. The van der Waals surface area contributed by atoms with E-state index in [9.17, 15) is 15.0 Å². The number of hydrogen-bond donors (Lipinski definition) is 4. The number of carbonyl (C=O) groups is 1. The van der Waals surface area contributed by atoms with Gasteiger partial charge in [-0.05, 0) is 38.0 Å². The summed E-state index contributed by atoms with van der Waals surface area (Å²) < 4.78 is 5.53. The highest BCUT2D eigenvalue weighted by atomic mass is 16.5. The number of ether oxygens (including phenoxy) is 1. The first-order chi connectivity index (χ1) is 11.9. The predicted octanol–water partition coefficient (Wildman–Crippen LogP) is 0.527. The molecule has 0 radical (unpaired) electrons. The van der Waals surface area contributed by atoms with Gasteiger partial charge in [0, 0.05) is 17.9 Å². The number of likely N-dealkylation sites (tertiary alicyclic amines) is 1. The van der Waals surface area contributed by atoms with Crippen LogP contribution in [-0.2, 0) is 4.79 Å². The Morgan fingerprint density at radius 2 is 2.20 bits per heavy atom. The summed E-state index contributed by atoms with van der Waals surface area (Å²) in [6, 6.07) is 5.35. The maximum atomic E-state index is 11.6. The number of phenols is 1. The van der Waals surface area contributed by atoms with Crippen LogP contribution >= 0.6 is 0 Å². The van der Waals surface area contributed by atoms with Gasteiger partial charge in [-0.1, -0.05) is 12.8 Å². The quantitative estimate of drug-likeness (QED) is 0.623. The molecule has 5 N–H and O–H groups in total. The number of quaternary nitrogens is 1. The number of fused-ring (bicyclic) bond motifs is 1. The molecule has 1 aromatic rings. The van der Waals surface area contributed by atoms with Crippen LogP contribution in [0, 0.1) is 5.92 Å². The van der Waals surface area contributed by atoms with Gasteiger partial charge >= 0.3 is 0 Å². The molecule has 6 nitrogen and oxygen atoms in total. The number of nitrogens with one attached hydrogen (secondary N) is 1. The molecule has 1 amide bonds. The lowest BCUT2D eigenvalue weighted by Gasteiger charge is -2.50. The van der Waals surface area contributed by atoms with Crippen LogP contribution in [0.1, 0.15) is 50.6 Å². The monoisotopic (exact) mass is 349 g/mol. The standard InChI is InChI=1S/C19H28N2O4/c1-2-25-16-11-13(6-7-15(16)22)18-14-5-3-4-8-19(14,24)9-10-21(18)12-17(20)23/h6-7,11,14,18,22,24H,2-5,8-10,12H2,1H3,(H2,20,23)/p+1/t14-,18+,19-/m1/s1. The van der Waals surface area contributed by atoms with Gasteiger partial charge in [-0.3, -0.25) is 4.79 Å². The molecule has 0 spiro atoms. The summed E-state index contributed by atoms with van der Waals surface area (Å²) in [6.45, 7) is 3.30. The van der Waals surface area contributed by atoms with Crippen LogP contribution in [0.5, 0.6) is 11.5 Å². The molecule has 1 saturated heterocycles. The second-order valence-corrected chi connectivity index (χ2v) is 7.40.